The van der Waals surface area contributed by atoms with Crippen LogP contribution < -0.4 is 5.43 Å². The molecule has 1 N–H and O–H groups in total. The quantitative estimate of drug-likeness (QED) is 0.218. The van der Waals surface area contributed by atoms with E-state index in [1.54, 1.807) is 0 Å². The predicted octanol–water partition coefficient (Wildman–Crippen LogP) is 6.65. The Morgan fingerprint density at radius 3 is 2.00 bits per heavy atom. The molecule has 0 aliphatic carbocycles. The van der Waals surface area contributed by atoms with Crippen LogP contribution in [0.3, 0.4) is 0 Å². The van der Waals surface area contributed by atoms with Gasteiger partial charge in [-0.25, -0.2) is 5.43 Å². The summed E-state index contributed by atoms with van der Waals surface area (Å²) in [7, 11) is 0. The number of hydrogen-bond acceptors (Lipinski definition) is 3. The van der Waals surface area contributed by atoms with Crippen molar-refractivity contribution in [3.8, 4) is 0 Å². The zero-order valence-corrected chi connectivity index (χ0v) is 17.8. The minimum atomic E-state index is 0.967. The van der Waals surface area contributed by atoms with Gasteiger partial charge < -0.3 is 0 Å². The van der Waals surface area contributed by atoms with Crippen LogP contribution in [0.4, 0.5) is 0 Å². The molecule has 1 aliphatic rings. The normalized spacial score (nSPS) is 14.5. The highest BCUT2D eigenvalue weighted by Crippen LogP contribution is 2.12. The van der Waals surface area contributed by atoms with Gasteiger partial charge in [0.1, 0.15) is 5.84 Å². The molecule has 1 aliphatic heterocycles. The maximum atomic E-state index is 4.62. The highest BCUT2D eigenvalue weighted by Gasteiger charge is 2.14. The van der Waals surface area contributed by atoms with Crippen molar-refractivity contribution in [3.63, 3.8) is 0 Å². The Kier molecular flexibility index (Phi) is 15.7. The van der Waals surface area contributed by atoms with Crippen LogP contribution in [0.1, 0.15) is 110 Å². The molecule has 0 aromatic heterocycles. The molecule has 0 atom stereocenters. The molecule has 0 aromatic rings. The molecule has 1 heterocycles. The lowest BCUT2D eigenvalue weighted by Gasteiger charge is -2.20. The summed E-state index contributed by atoms with van der Waals surface area (Å²) in [6, 6.07) is 0. The number of allylic oxidation sites excluding steroid dienone is 2. The van der Waals surface area contributed by atoms with Crippen molar-refractivity contribution in [1.29, 1.82) is 0 Å². The first kappa shape index (κ1) is 23.2. The molecular formula is C23H45N3. The van der Waals surface area contributed by atoms with Crippen LogP contribution in [0, 0.1) is 0 Å². The maximum absolute atomic E-state index is 4.62. The Labute approximate surface area is 163 Å². The zero-order chi connectivity index (χ0) is 18.7. The lowest BCUT2D eigenvalue weighted by Crippen LogP contribution is -2.40. The van der Waals surface area contributed by atoms with E-state index in [9.17, 15) is 0 Å². The predicted molar refractivity (Wildman–Crippen MR) is 117 cm³/mol. The van der Waals surface area contributed by atoms with Gasteiger partial charge in [0.25, 0.3) is 0 Å². The minimum Gasteiger partial charge on any atom is -0.294 e. The number of nitrogens with one attached hydrogen (secondary N) is 1. The third-order valence-electron chi connectivity index (χ3n) is 5.19. The van der Waals surface area contributed by atoms with E-state index in [1.807, 2.05) is 0 Å². The molecule has 0 unspecified atom stereocenters. The first-order valence-corrected chi connectivity index (χ1v) is 11.6. The number of nitrogens with zero attached hydrogens (tertiary/aromatic N) is 2. The fourth-order valence-corrected chi connectivity index (χ4v) is 3.60. The molecule has 3 nitrogen and oxygen atoms in total. The van der Waals surface area contributed by atoms with E-state index in [4.69, 9.17) is 0 Å². The highest BCUT2D eigenvalue weighted by molar-refractivity contribution is 5.83. The Bertz CT molecular complexity index is 362. The van der Waals surface area contributed by atoms with Crippen molar-refractivity contribution in [1.82, 2.24) is 10.4 Å². The van der Waals surface area contributed by atoms with Gasteiger partial charge in [-0.1, -0.05) is 83.8 Å². The SMILES string of the molecule is CCCCCCCC/C=C\CCCCCCCCC1=NCCN1NCC. The first-order chi connectivity index (χ1) is 12.9. The monoisotopic (exact) mass is 363 g/mol. The summed E-state index contributed by atoms with van der Waals surface area (Å²) in [5.41, 5.74) is 3.40. The number of hydrazine groups is 1. The summed E-state index contributed by atoms with van der Waals surface area (Å²) in [6.07, 6.45) is 25.2. The Hall–Kier alpha value is -0.830. The van der Waals surface area contributed by atoms with Crippen LogP contribution in [-0.4, -0.2) is 30.5 Å². The van der Waals surface area contributed by atoms with Gasteiger partial charge >= 0.3 is 0 Å². The molecule has 0 saturated carbocycles. The lowest BCUT2D eigenvalue weighted by atomic mass is 10.1. The van der Waals surface area contributed by atoms with Crippen LogP contribution in [0.2, 0.25) is 0 Å². The Balaban J connectivity index is 1.80. The Morgan fingerprint density at radius 1 is 0.808 bits per heavy atom. The summed E-state index contributed by atoms with van der Waals surface area (Å²) in [4.78, 5) is 4.62. The number of rotatable bonds is 18. The fourth-order valence-electron chi connectivity index (χ4n) is 3.60. The fraction of sp³-hybridized carbons (Fsp3) is 0.870. The van der Waals surface area contributed by atoms with Gasteiger partial charge in [-0.15, -0.1) is 0 Å². The summed E-state index contributed by atoms with van der Waals surface area (Å²) in [5, 5.41) is 2.25. The molecule has 0 saturated heterocycles. The molecule has 0 fully saturated rings. The standard InChI is InChI=1S/C23H45N3/c1-3-5-6-7-8-9-10-11-12-13-14-15-16-17-18-19-20-23-24-21-22-26(23)25-4-2/h11-12,25H,3-10,13-22H2,1-2H3/b12-11-. The second-order valence-electron chi connectivity index (χ2n) is 7.65. The van der Waals surface area contributed by atoms with E-state index < -0.39 is 0 Å². The van der Waals surface area contributed by atoms with E-state index >= 15 is 0 Å². The van der Waals surface area contributed by atoms with Crippen LogP contribution in [0.15, 0.2) is 17.1 Å². The van der Waals surface area contributed by atoms with Crippen molar-refractivity contribution in [2.75, 3.05) is 19.6 Å². The second-order valence-corrected chi connectivity index (χ2v) is 7.65. The first-order valence-electron chi connectivity index (χ1n) is 11.6. The van der Waals surface area contributed by atoms with Crippen molar-refractivity contribution in [2.45, 2.75) is 110 Å². The van der Waals surface area contributed by atoms with E-state index in [-0.39, 0.29) is 0 Å². The van der Waals surface area contributed by atoms with E-state index in [1.165, 1.54) is 95.7 Å². The van der Waals surface area contributed by atoms with Gasteiger partial charge in [0, 0.05) is 13.0 Å². The molecular weight excluding hydrogens is 318 g/mol. The van der Waals surface area contributed by atoms with Crippen molar-refractivity contribution in [2.24, 2.45) is 4.99 Å². The third-order valence-corrected chi connectivity index (χ3v) is 5.19. The average molecular weight is 364 g/mol. The van der Waals surface area contributed by atoms with Crippen LogP contribution in [0.25, 0.3) is 0 Å². The molecule has 0 bridgehead atoms. The molecule has 152 valence electrons. The smallest absolute Gasteiger partial charge is 0.113 e. The summed E-state index contributed by atoms with van der Waals surface area (Å²) >= 11 is 0. The highest BCUT2D eigenvalue weighted by atomic mass is 15.5. The minimum absolute atomic E-state index is 0.967. The molecule has 0 radical (unpaired) electrons. The molecule has 26 heavy (non-hydrogen) atoms. The van der Waals surface area contributed by atoms with Gasteiger partial charge in [0.05, 0.1) is 13.1 Å². The number of amidine groups is 1. The van der Waals surface area contributed by atoms with Crippen molar-refractivity contribution >= 4 is 5.84 Å². The number of hydrogen-bond donors (Lipinski definition) is 1. The molecule has 0 aromatic carbocycles. The second kappa shape index (κ2) is 17.6. The van der Waals surface area contributed by atoms with Crippen LogP contribution in [-0.2, 0) is 0 Å². The van der Waals surface area contributed by atoms with Gasteiger partial charge in [0.2, 0.25) is 0 Å². The maximum Gasteiger partial charge on any atom is 0.113 e. The summed E-state index contributed by atoms with van der Waals surface area (Å²) in [6.45, 7) is 7.45. The van der Waals surface area contributed by atoms with Gasteiger partial charge in [-0.05, 0) is 32.1 Å². The van der Waals surface area contributed by atoms with E-state index in [0.29, 0.717) is 0 Å². The molecule has 0 spiro atoms. The van der Waals surface area contributed by atoms with Crippen molar-refractivity contribution < 1.29 is 0 Å². The third kappa shape index (κ3) is 12.5. The summed E-state index contributed by atoms with van der Waals surface area (Å²) < 4.78 is 0. The van der Waals surface area contributed by atoms with Crippen LogP contribution >= 0.6 is 0 Å². The molecule has 1 rings (SSSR count). The Morgan fingerprint density at radius 2 is 1.38 bits per heavy atom. The van der Waals surface area contributed by atoms with Crippen LogP contribution in [0.5, 0.6) is 0 Å². The lowest BCUT2D eigenvalue weighted by molar-refractivity contribution is 0.337. The average Bonchev–Trinajstić information content (AvgIpc) is 3.09. The number of aliphatic imine (C=N–C) groups is 1. The van der Waals surface area contributed by atoms with Gasteiger partial charge in [-0.2, -0.15) is 0 Å². The van der Waals surface area contributed by atoms with Gasteiger partial charge in [-0.3, -0.25) is 10.0 Å². The zero-order valence-electron chi connectivity index (χ0n) is 17.8. The summed E-state index contributed by atoms with van der Waals surface area (Å²) in [5.74, 6) is 1.28. The largest absolute Gasteiger partial charge is 0.294 e. The topological polar surface area (TPSA) is 27.6 Å². The van der Waals surface area contributed by atoms with E-state index in [2.05, 4.69) is 41.4 Å². The van der Waals surface area contributed by atoms with Gasteiger partial charge in [0.15, 0.2) is 0 Å². The number of unbranched alkanes of at least 4 members (excludes halogenated alkanes) is 12. The van der Waals surface area contributed by atoms with E-state index in [0.717, 1.165) is 26.1 Å². The molecule has 3 heteroatoms. The molecule has 0 amide bonds. The van der Waals surface area contributed by atoms with Crippen molar-refractivity contribution in [3.05, 3.63) is 12.2 Å².